The lowest BCUT2D eigenvalue weighted by atomic mass is 10.2. The Balaban J connectivity index is 2.72. The molecule has 2 aromatic heterocycles. The molecule has 0 atom stereocenters. The van der Waals surface area contributed by atoms with Crippen molar-refractivity contribution in [3.63, 3.8) is 0 Å². The maximum atomic E-state index is 11.0. The minimum atomic E-state index is 0.0276. The molecule has 0 radical (unpaired) electrons. The highest BCUT2D eigenvalue weighted by molar-refractivity contribution is 6.32. The van der Waals surface area contributed by atoms with Gasteiger partial charge in [0.05, 0.1) is 5.52 Å². The number of pyridine rings is 1. The first-order valence-corrected chi connectivity index (χ1v) is 4.19. The van der Waals surface area contributed by atoms with Gasteiger partial charge >= 0.3 is 0 Å². The SMILES string of the molecule is CC(=O)c1ccn2cnc(Cl)c2c1. The van der Waals surface area contributed by atoms with Gasteiger partial charge < -0.3 is 4.40 Å². The van der Waals surface area contributed by atoms with Gasteiger partial charge in [-0.1, -0.05) is 11.6 Å². The molecule has 0 aliphatic rings. The van der Waals surface area contributed by atoms with Gasteiger partial charge in [-0.05, 0) is 19.1 Å². The standard InChI is InChI=1S/C9H7ClN2O/c1-6(13)7-2-3-12-5-11-9(10)8(12)4-7/h2-5H,1H3. The molecule has 0 fully saturated rings. The van der Waals surface area contributed by atoms with Gasteiger partial charge in [-0.25, -0.2) is 4.98 Å². The summed E-state index contributed by atoms with van der Waals surface area (Å²) in [5.41, 5.74) is 1.41. The van der Waals surface area contributed by atoms with E-state index in [0.717, 1.165) is 5.52 Å². The topological polar surface area (TPSA) is 34.4 Å². The van der Waals surface area contributed by atoms with Gasteiger partial charge in [0.1, 0.15) is 6.33 Å². The second kappa shape index (κ2) is 2.85. The van der Waals surface area contributed by atoms with Crippen LogP contribution in [-0.2, 0) is 0 Å². The average molecular weight is 195 g/mol. The molecular formula is C9H7ClN2O. The van der Waals surface area contributed by atoms with Gasteiger partial charge in [0.15, 0.2) is 10.9 Å². The van der Waals surface area contributed by atoms with Crippen molar-refractivity contribution in [2.75, 3.05) is 0 Å². The van der Waals surface area contributed by atoms with E-state index < -0.39 is 0 Å². The molecule has 3 nitrogen and oxygen atoms in total. The molecule has 0 aliphatic carbocycles. The minimum Gasteiger partial charge on any atom is -0.305 e. The van der Waals surface area contributed by atoms with Crippen LogP contribution in [0.2, 0.25) is 5.15 Å². The molecule has 2 rings (SSSR count). The van der Waals surface area contributed by atoms with Crippen LogP contribution in [0.5, 0.6) is 0 Å². The predicted octanol–water partition coefficient (Wildman–Crippen LogP) is 2.19. The van der Waals surface area contributed by atoms with Crippen molar-refractivity contribution in [2.24, 2.45) is 0 Å². The number of carbonyl (C=O) groups excluding carboxylic acids is 1. The third-order valence-corrected chi connectivity index (χ3v) is 2.19. The van der Waals surface area contributed by atoms with E-state index in [4.69, 9.17) is 11.6 Å². The molecule has 0 spiro atoms. The van der Waals surface area contributed by atoms with Crippen molar-refractivity contribution in [1.82, 2.24) is 9.38 Å². The summed E-state index contributed by atoms with van der Waals surface area (Å²) >= 11 is 5.81. The van der Waals surface area contributed by atoms with Crippen molar-refractivity contribution in [2.45, 2.75) is 6.92 Å². The average Bonchev–Trinajstić information content (AvgIpc) is 2.47. The Morgan fingerprint density at radius 1 is 1.62 bits per heavy atom. The molecule has 0 unspecified atom stereocenters. The van der Waals surface area contributed by atoms with E-state index in [2.05, 4.69) is 4.98 Å². The summed E-state index contributed by atoms with van der Waals surface area (Å²) in [4.78, 5) is 15.0. The van der Waals surface area contributed by atoms with Crippen molar-refractivity contribution in [1.29, 1.82) is 0 Å². The number of hydrogen-bond donors (Lipinski definition) is 0. The molecule has 2 aromatic rings. The first-order valence-electron chi connectivity index (χ1n) is 3.81. The number of aromatic nitrogens is 2. The van der Waals surface area contributed by atoms with Crippen LogP contribution in [0, 0.1) is 0 Å². The molecule has 0 saturated heterocycles. The summed E-state index contributed by atoms with van der Waals surface area (Å²) in [5, 5.41) is 0.420. The van der Waals surface area contributed by atoms with E-state index in [1.54, 1.807) is 29.1 Å². The van der Waals surface area contributed by atoms with Crippen LogP contribution < -0.4 is 0 Å². The zero-order valence-electron chi connectivity index (χ0n) is 6.99. The quantitative estimate of drug-likeness (QED) is 0.653. The highest BCUT2D eigenvalue weighted by atomic mass is 35.5. The third-order valence-electron chi connectivity index (χ3n) is 1.90. The molecule has 0 saturated carbocycles. The van der Waals surface area contributed by atoms with Crippen LogP contribution in [0.25, 0.3) is 5.52 Å². The van der Waals surface area contributed by atoms with Gasteiger partial charge in [-0.3, -0.25) is 4.79 Å². The first-order chi connectivity index (χ1) is 6.18. The summed E-state index contributed by atoms with van der Waals surface area (Å²) in [6, 6.07) is 3.48. The number of Topliss-reactive ketones (excluding diaryl/α,β-unsaturated/α-hetero) is 1. The molecule has 0 amide bonds. The van der Waals surface area contributed by atoms with E-state index >= 15 is 0 Å². The highest BCUT2D eigenvalue weighted by Gasteiger charge is 2.04. The maximum absolute atomic E-state index is 11.0. The molecule has 4 heteroatoms. The lowest BCUT2D eigenvalue weighted by Gasteiger charge is -1.96. The molecular weight excluding hydrogens is 188 g/mol. The minimum absolute atomic E-state index is 0.0276. The van der Waals surface area contributed by atoms with Crippen molar-refractivity contribution in [3.8, 4) is 0 Å². The van der Waals surface area contributed by atoms with Crippen molar-refractivity contribution >= 4 is 22.9 Å². The number of nitrogens with zero attached hydrogens (tertiary/aromatic N) is 2. The van der Waals surface area contributed by atoms with Gasteiger partial charge in [0, 0.05) is 11.8 Å². The summed E-state index contributed by atoms with van der Waals surface area (Å²) in [7, 11) is 0. The summed E-state index contributed by atoms with van der Waals surface area (Å²) < 4.78 is 1.77. The Hall–Kier alpha value is -1.35. The highest BCUT2D eigenvalue weighted by Crippen LogP contribution is 2.16. The Labute approximate surface area is 80.0 Å². The fourth-order valence-electron chi connectivity index (χ4n) is 1.18. The summed E-state index contributed by atoms with van der Waals surface area (Å²) in [5.74, 6) is 0.0276. The fraction of sp³-hybridized carbons (Fsp3) is 0.111. The smallest absolute Gasteiger partial charge is 0.159 e. The van der Waals surface area contributed by atoms with Crippen molar-refractivity contribution in [3.05, 3.63) is 35.4 Å². The second-order valence-corrected chi connectivity index (χ2v) is 3.16. The molecule has 13 heavy (non-hydrogen) atoms. The van der Waals surface area contributed by atoms with E-state index in [1.807, 2.05) is 0 Å². The van der Waals surface area contributed by atoms with Gasteiger partial charge in [0.2, 0.25) is 0 Å². The molecule has 2 heterocycles. The fourth-order valence-corrected chi connectivity index (χ4v) is 1.37. The van der Waals surface area contributed by atoms with Crippen molar-refractivity contribution < 1.29 is 4.79 Å². The van der Waals surface area contributed by atoms with E-state index in [9.17, 15) is 4.79 Å². The van der Waals surface area contributed by atoms with E-state index in [-0.39, 0.29) is 5.78 Å². The normalized spacial score (nSPS) is 10.6. The summed E-state index contributed by atoms with van der Waals surface area (Å²) in [6.07, 6.45) is 3.38. The van der Waals surface area contributed by atoms with Crippen LogP contribution in [0.1, 0.15) is 17.3 Å². The Morgan fingerprint density at radius 3 is 3.08 bits per heavy atom. The lowest BCUT2D eigenvalue weighted by Crippen LogP contribution is -1.93. The van der Waals surface area contributed by atoms with Crippen LogP contribution in [0.4, 0.5) is 0 Å². The molecule has 0 bridgehead atoms. The van der Waals surface area contributed by atoms with Crippen LogP contribution in [0.3, 0.4) is 0 Å². The number of imidazole rings is 1. The Bertz CT molecular complexity index is 475. The van der Waals surface area contributed by atoms with Gasteiger partial charge in [0.25, 0.3) is 0 Å². The number of hydrogen-bond acceptors (Lipinski definition) is 2. The number of halogens is 1. The van der Waals surface area contributed by atoms with Gasteiger partial charge in [-0.15, -0.1) is 0 Å². The molecule has 0 N–H and O–H groups in total. The molecule has 66 valence electrons. The predicted molar refractivity (Wildman–Crippen MR) is 50.2 cm³/mol. The largest absolute Gasteiger partial charge is 0.305 e. The third kappa shape index (κ3) is 1.31. The number of rotatable bonds is 1. The van der Waals surface area contributed by atoms with Crippen LogP contribution in [0.15, 0.2) is 24.7 Å². The zero-order chi connectivity index (χ0) is 9.42. The maximum Gasteiger partial charge on any atom is 0.159 e. The Kier molecular flexibility index (Phi) is 1.81. The lowest BCUT2D eigenvalue weighted by molar-refractivity contribution is 0.101. The monoisotopic (exact) mass is 194 g/mol. The second-order valence-electron chi connectivity index (χ2n) is 2.80. The zero-order valence-corrected chi connectivity index (χ0v) is 7.75. The van der Waals surface area contributed by atoms with Gasteiger partial charge in [-0.2, -0.15) is 0 Å². The summed E-state index contributed by atoms with van der Waals surface area (Å²) in [6.45, 7) is 1.52. The number of carbonyl (C=O) groups is 1. The van der Waals surface area contributed by atoms with Crippen LogP contribution >= 0.6 is 11.6 Å². The molecule has 0 aliphatic heterocycles. The van der Waals surface area contributed by atoms with Crippen LogP contribution in [-0.4, -0.2) is 15.2 Å². The number of fused-ring (bicyclic) bond motifs is 1. The Morgan fingerprint density at radius 2 is 2.38 bits per heavy atom. The van der Waals surface area contributed by atoms with E-state index in [1.165, 1.54) is 6.92 Å². The first kappa shape index (κ1) is 8.26. The van der Waals surface area contributed by atoms with E-state index in [0.29, 0.717) is 10.7 Å². The molecule has 0 aromatic carbocycles. The number of ketones is 1.